The van der Waals surface area contributed by atoms with Crippen LogP contribution in [-0.2, 0) is 16.0 Å². The third kappa shape index (κ3) is 3.09. The fourth-order valence-electron chi connectivity index (χ4n) is 3.81. The lowest BCUT2D eigenvalue weighted by molar-refractivity contribution is -0.138. The Balaban J connectivity index is 1.24. The lowest BCUT2D eigenvalue weighted by Crippen LogP contribution is -2.64. The largest absolute Gasteiger partial charge is 0.381 e. The number of thiazole rings is 1. The number of hydrogen-bond acceptors (Lipinski definition) is 5. The first kappa shape index (κ1) is 15.1. The van der Waals surface area contributed by atoms with Gasteiger partial charge in [-0.25, -0.2) is 4.98 Å². The van der Waals surface area contributed by atoms with Gasteiger partial charge in [-0.2, -0.15) is 0 Å². The molecule has 2 saturated heterocycles. The number of nitrogens with zero attached hydrogens (tertiary/aromatic N) is 2. The van der Waals surface area contributed by atoms with Gasteiger partial charge >= 0.3 is 0 Å². The highest BCUT2D eigenvalue weighted by molar-refractivity contribution is 7.09. The fourth-order valence-corrected chi connectivity index (χ4v) is 4.62. The quantitative estimate of drug-likeness (QED) is 0.723. The van der Waals surface area contributed by atoms with Gasteiger partial charge in [0, 0.05) is 44.3 Å². The summed E-state index contributed by atoms with van der Waals surface area (Å²) in [6, 6.07) is 0. The van der Waals surface area contributed by atoms with Gasteiger partial charge in [0.15, 0.2) is 0 Å². The zero-order chi connectivity index (χ0) is 15.0. The lowest BCUT2D eigenvalue weighted by Gasteiger charge is -2.50. The molecule has 5 heteroatoms. The summed E-state index contributed by atoms with van der Waals surface area (Å²) < 4.78 is 12.0. The predicted molar refractivity (Wildman–Crippen MR) is 87.1 cm³/mol. The average molecular weight is 322 g/mol. The van der Waals surface area contributed by atoms with Crippen molar-refractivity contribution in [2.45, 2.75) is 44.8 Å². The van der Waals surface area contributed by atoms with E-state index in [2.05, 4.69) is 16.8 Å². The lowest BCUT2D eigenvalue weighted by atomic mass is 9.79. The Morgan fingerprint density at radius 2 is 2.27 bits per heavy atom. The van der Waals surface area contributed by atoms with Crippen LogP contribution in [0.2, 0.25) is 0 Å². The predicted octanol–water partition coefficient (Wildman–Crippen LogP) is 2.86. The van der Waals surface area contributed by atoms with Gasteiger partial charge in [-0.3, -0.25) is 4.90 Å². The number of likely N-dealkylation sites (tertiary alicyclic amines) is 1. The van der Waals surface area contributed by atoms with Gasteiger partial charge in [-0.05, 0) is 44.4 Å². The molecule has 122 valence electrons. The maximum Gasteiger partial charge on any atom is 0.0964 e. The third-order valence-electron chi connectivity index (χ3n) is 5.46. The molecule has 4 nitrogen and oxygen atoms in total. The van der Waals surface area contributed by atoms with Crippen LogP contribution in [0.15, 0.2) is 5.51 Å². The molecule has 1 aliphatic carbocycles. The van der Waals surface area contributed by atoms with Crippen LogP contribution >= 0.6 is 11.3 Å². The van der Waals surface area contributed by atoms with Gasteiger partial charge in [-0.1, -0.05) is 0 Å². The molecule has 1 aromatic rings. The van der Waals surface area contributed by atoms with Crippen molar-refractivity contribution in [3.8, 4) is 0 Å². The zero-order valence-electron chi connectivity index (χ0n) is 13.4. The van der Waals surface area contributed by atoms with Crippen LogP contribution in [0.3, 0.4) is 0 Å². The van der Waals surface area contributed by atoms with E-state index < -0.39 is 0 Å². The van der Waals surface area contributed by atoms with Crippen LogP contribution in [0.5, 0.6) is 0 Å². The molecule has 0 amide bonds. The van der Waals surface area contributed by atoms with E-state index in [-0.39, 0.29) is 5.60 Å². The molecule has 1 aromatic heterocycles. The second-order valence-corrected chi connectivity index (χ2v) is 8.15. The number of ether oxygens (including phenoxy) is 2. The van der Waals surface area contributed by atoms with Gasteiger partial charge in [0.1, 0.15) is 0 Å². The van der Waals surface area contributed by atoms with Crippen molar-refractivity contribution >= 4 is 11.3 Å². The smallest absolute Gasteiger partial charge is 0.0964 e. The number of aryl methyl sites for hydroxylation is 1. The first-order chi connectivity index (χ1) is 10.8. The van der Waals surface area contributed by atoms with Crippen LogP contribution in [-0.4, -0.2) is 48.4 Å². The molecule has 3 fully saturated rings. The minimum atomic E-state index is 0.127. The van der Waals surface area contributed by atoms with Crippen molar-refractivity contribution in [3.63, 3.8) is 0 Å². The maximum atomic E-state index is 6.15. The van der Waals surface area contributed by atoms with Crippen molar-refractivity contribution in [3.05, 3.63) is 16.1 Å². The topological polar surface area (TPSA) is 34.6 Å². The Hall–Kier alpha value is -0.490. The Bertz CT molecular complexity index is 509. The molecule has 0 radical (unpaired) electrons. The van der Waals surface area contributed by atoms with E-state index in [1.165, 1.54) is 36.3 Å². The van der Waals surface area contributed by atoms with E-state index in [1.54, 1.807) is 11.3 Å². The summed E-state index contributed by atoms with van der Waals surface area (Å²) >= 11 is 1.77. The van der Waals surface area contributed by atoms with Crippen LogP contribution in [0, 0.1) is 18.8 Å². The Kier molecular flexibility index (Phi) is 4.24. The zero-order valence-corrected chi connectivity index (χ0v) is 14.2. The molecule has 1 atom stereocenters. The monoisotopic (exact) mass is 322 g/mol. The van der Waals surface area contributed by atoms with Gasteiger partial charge in [0.2, 0.25) is 0 Å². The van der Waals surface area contributed by atoms with E-state index in [0.29, 0.717) is 5.92 Å². The number of rotatable bonds is 7. The molecule has 2 aliphatic heterocycles. The molecule has 4 rings (SSSR count). The molecule has 3 aliphatic rings. The van der Waals surface area contributed by atoms with Crippen LogP contribution in [0.25, 0.3) is 0 Å². The number of aromatic nitrogens is 1. The first-order valence-electron chi connectivity index (χ1n) is 8.58. The molecule has 0 aromatic carbocycles. The summed E-state index contributed by atoms with van der Waals surface area (Å²) in [5.41, 5.74) is 3.26. The highest BCUT2D eigenvalue weighted by Crippen LogP contribution is 2.42. The maximum absolute atomic E-state index is 6.15. The van der Waals surface area contributed by atoms with Crippen molar-refractivity contribution < 1.29 is 9.47 Å². The molecular weight excluding hydrogens is 296 g/mol. The molecule has 3 heterocycles. The summed E-state index contributed by atoms with van der Waals surface area (Å²) in [4.78, 5) is 8.25. The second-order valence-electron chi connectivity index (χ2n) is 7.21. The first-order valence-corrected chi connectivity index (χ1v) is 9.46. The van der Waals surface area contributed by atoms with Crippen molar-refractivity contribution in [1.29, 1.82) is 0 Å². The van der Waals surface area contributed by atoms with Crippen LogP contribution in [0.4, 0.5) is 0 Å². The van der Waals surface area contributed by atoms with E-state index in [9.17, 15) is 0 Å². The highest BCUT2D eigenvalue weighted by atomic mass is 32.1. The molecule has 22 heavy (non-hydrogen) atoms. The third-order valence-corrected chi connectivity index (χ3v) is 6.38. The van der Waals surface area contributed by atoms with Gasteiger partial charge < -0.3 is 9.47 Å². The highest BCUT2D eigenvalue weighted by Gasteiger charge is 2.52. The van der Waals surface area contributed by atoms with E-state index in [4.69, 9.17) is 9.47 Å². The Labute approximate surface area is 136 Å². The summed E-state index contributed by atoms with van der Waals surface area (Å²) in [6.07, 6.45) is 5.13. The minimum absolute atomic E-state index is 0.127. The Morgan fingerprint density at radius 1 is 1.41 bits per heavy atom. The van der Waals surface area contributed by atoms with Crippen molar-refractivity contribution in [2.75, 3.05) is 32.9 Å². The normalized spacial score (nSPS) is 27.4. The summed E-state index contributed by atoms with van der Waals surface area (Å²) in [7, 11) is 0. The molecule has 0 unspecified atom stereocenters. The Morgan fingerprint density at radius 3 is 3.00 bits per heavy atom. The molecule has 0 bridgehead atoms. The van der Waals surface area contributed by atoms with E-state index in [0.717, 1.165) is 45.4 Å². The minimum Gasteiger partial charge on any atom is -0.381 e. The molecular formula is C17H26N2O2S. The molecule has 1 spiro atoms. The standard InChI is InChI=1S/C17H26N2O2S/c1-13-16(22-12-18-13)8-19-10-17(11-19)15(5-7-21-17)4-6-20-9-14-2-3-14/h12,14-15H,2-11H2,1H3/t15-/m0/s1. The van der Waals surface area contributed by atoms with Crippen LogP contribution in [0.1, 0.15) is 36.3 Å². The van der Waals surface area contributed by atoms with Gasteiger partial charge in [-0.15, -0.1) is 11.3 Å². The summed E-state index contributed by atoms with van der Waals surface area (Å²) in [6.45, 7) is 8.13. The second kappa shape index (κ2) is 6.19. The molecule has 0 N–H and O–H groups in total. The SMILES string of the molecule is Cc1ncsc1CN1CC2(C1)OCC[C@@H]2CCOCC1CC1. The van der Waals surface area contributed by atoms with Gasteiger partial charge in [0.05, 0.1) is 16.8 Å². The van der Waals surface area contributed by atoms with Gasteiger partial charge in [0.25, 0.3) is 0 Å². The average Bonchev–Trinajstić information content (AvgIpc) is 3.07. The number of hydrogen-bond donors (Lipinski definition) is 0. The summed E-state index contributed by atoms with van der Waals surface area (Å²) in [5, 5.41) is 0. The van der Waals surface area contributed by atoms with Crippen LogP contribution < -0.4 is 0 Å². The van der Waals surface area contributed by atoms with E-state index >= 15 is 0 Å². The van der Waals surface area contributed by atoms with Crippen molar-refractivity contribution in [1.82, 2.24) is 9.88 Å². The van der Waals surface area contributed by atoms with Crippen molar-refractivity contribution in [2.24, 2.45) is 11.8 Å². The molecule has 1 saturated carbocycles. The fraction of sp³-hybridized carbons (Fsp3) is 0.824. The summed E-state index contributed by atoms with van der Waals surface area (Å²) in [5.74, 6) is 1.56. The van der Waals surface area contributed by atoms with E-state index in [1.807, 2.05) is 5.51 Å².